The van der Waals surface area contributed by atoms with E-state index in [4.69, 9.17) is 27.4 Å². The average Bonchev–Trinajstić information content (AvgIpc) is 2.62. The number of hydrogen-bond donors (Lipinski definition) is 3. The van der Waals surface area contributed by atoms with Crippen LogP contribution in [0, 0.1) is 13.8 Å². The van der Waals surface area contributed by atoms with Crippen LogP contribution in [-0.2, 0) is 9.47 Å². The fourth-order valence-electron chi connectivity index (χ4n) is 3.24. The third-order valence-electron chi connectivity index (χ3n) is 4.29. The summed E-state index contributed by atoms with van der Waals surface area (Å²) >= 11 is 4.97. The van der Waals surface area contributed by atoms with Crippen LogP contribution < -0.4 is 16.4 Å². The predicted molar refractivity (Wildman–Crippen MR) is 113 cm³/mol. The number of anilines is 1. The molecule has 0 atom stereocenters. The van der Waals surface area contributed by atoms with Crippen LogP contribution in [0.15, 0.2) is 18.4 Å². The monoisotopic (exact) mass is 403 g/mol. The van der Waals surface area contributed by atoms with Crippen LogP contribution in [0.3, 0.4) is 0 Å². The Balaban J connectivity index is 2.88. The van der Waals surface area contributed by atoms with E-state index in [0.717, 1.165) is 17.7 Å². The number of rotatable bonds is 6. The molecule has 0 fully saturated rings. The van der Waals surface area contributed by atoms with E-state index < -0.39 is 11.9 Å². The highest BCUT2D eigenvalue weighted by Crippen LogP contribution is 2.36. The van der Waals surface area contributed by atoms with Gasteiger partial charge in [-0.05, 0) is 63.7 Å². The molecule has 1 aromatic rings. The molecule has 4 N–H and O–H groups in total. The minimum Gasteiger partial charge on any atom is -0.462 e. The molecule has 2 rings (SSSR count). The molecule has 0 aliphatic carbocycles. The van der Waals surface area contributed by atoms with Crippen molar-refractivity contribution in [2.75, 3.05) is 18.5 Å². The van der Waals surface area contributed by atoms with E-state index >= 15 is 0 Å². The molecule has 1 aliphatic heterocycles. The van der Waals surface area contributed by atoms with E-state index in [1.165, 1.54) is 0 Å². The molecular weight excluding hydrogens is 378 g/mol. The molecule has 7 nitrogen and oxygen atoms in total. The van der Waals surface area contributed by atoms with Crippen molar-refractivity contribution in [2.24, 2.45) is 5.73 Å². The molecule has 1 aliphatic rings. The molecule has 28 heavy (non-hydrogen) atoms. The summed E-state index contributed by atoms with van der Waals surface area (Å²) in [5.74, 6) is -1.14. The lowest BCUT2D eigenvalue weighted by Crippen LogP contribution is -2.26. The number of allylic oxidation sites excluding steroid dienone is 2. The van der Waals surface area contributed by atoms with E-state index in [9.17, 15) is 9.59 Å². The number of benzene rings is 1. The molecule has 0 saturated heterocycles. The third-order valence-corrected chi connectivity index (χ3v) is 4.39. The van der Waals surface area contributed by atoms with Crippen molar-refractivity contribution in [1.29, 1.82) is 0 Å². The predicted octanol–water partition coefficient (Wildman–Crippen LogP) is 3.16. The Bertz CT molecular complexity index is 830. The van der Waals surface area contributed by atoms with Gasteiger partial charge in [-0.3, -0.25) is 0 Å². The van der Waals surface area contributed by atoms with Crippen molar-refractivity contribution >= 4 is 40.7 Å². The number of ether oxygens (including phenoxy) is 2. The Morgan fingerprint density at radius 3 is 2.07 bits per heavy atom. The number of thiocarbonyl (C=S) groups is 1. The molecule has 0 spiro atoms. The number of hydrogen-bond acceptors (Lipinski definition) is 6. The lowest BCUT2D eigenvalue weighted by atomic mass is 9.88. The maximum Gasteiger partial charge on any atom is 0.340 e. The Hall–Kier alpha value is -2.87. The first-order chi connectivity index (χ1) is 13.3. The normalized spacial score (nSPS) is 12.6. The van der Waals surface area contributed by atoms with Gasteiger partial charge in [-0.25, -0.2) is 9.59 Å². The van der Waals surface area contributed by atoms with Gasteiger partial charge in [0, 0.05) is 11.3 Å². The number of carbonyl (C=O) groups excluding carboxylic acids is 2. The number of nitrogens with two attached hydrogens (primary N) is 1. The lowest BCUT2D eigenvalue weighted by molar-refractivity contribution is 0.0526. The third kappa shape index (κ3) is 4.33. The van der Waals surface area contributed by atoms with Gasteiger partial charge < -0.3 is 25.8 Å². The first-order valence-corrected chi connectivity index (χ1v) is 9.44. The molecule has 0 saturated carbocycles. The molecule has 0 aromatic heterocycles. The van der Waals surface area contributed by atoms with Crippen LogP contribution >= 0.6 is 12.2 Å². The van der Waals surface area contributed by atoms with E-state index in [1.54, 1.807) is 27.7 Å². The second-order valence-corrected chi connectivity index (χ2v) is 6.52. The highest BCUT2D eigenvalue weighted by atomic mass is 32.1. The van der Waals surface area contributed by atoms with Crippen LogP contribution in [0.5, 0.6) is 0 Å². The van der Waals surface area contributed by atoms with Crippen LogP contribution in [-0.4, -0.2) is 30.3 Å². The van der Waals surface area contributed by atoms with E-state index in [2.05, 4.69) is 10.6 Å². The summed E-state index contributed by atoms with van der Waals surface area (Å²) in [7, 11) is 0. The first-order valence-electron chi connectivity index (χ1n) is 9.03. The van der Waals surface area contributed by atoms with Gasteiger partial charge in [-0.15, -0.1) is 0 Å². The highest BCUT2D eigenvalue weighted by Gasteiger charge is 2.30. The summed E-state index contributed by atoms with van der Waals surface area (Å²) in [6, 6.07) is 0. The van der Waals surface area contributed by atoms with Gasteiger partial charge in [0.25, 0.3) is 0 Å². The molecule has 1 aromatic carbocycles. The van der Waals surface area contributed by atoms with Crippen molar-refractivity contribution in [3.63, 3.8) is 0 Å². The molecule has 0 bridgehead atoms. The van der Waals surface area contributed by atoms with Crippen LogP contribution in [0.4, 0.5) is 5.69 Å². The average molecular weight is 404 g/mol. The zero-order chi connectivity index (χ0) is 20.8. The van der Waals surface area contributed by atoms with Gasteiger partial charge in [0.05, 0.1) is 30.0 Å². The second kappa shape index (κ2) is 9.36. The minimum atomic E-state index is -0.572. The zero-order valence-electron chi connectivity index (χ0n) is 16.5. The van der Waals surface area contributed by atoms with Gasteiger partial charge in [0.15, 0.2) is 5.11 Å². The summed E-state index contributed by atoms with van der Waals surface area (Å²) in [5, 5.41) is 5.90. The first kappa shape index (κ1) is 21.4. The number of esters is 2. The zero-order valence-corrected chi connectivity index (χ0v) is 17.3. The summed E-state index contributed by atoms with van der Waals surface area (Å²) in [4.78, 5) is 25.6. The lowest BCUT2D eigenvalue weighted by Gasteiger charge is -2.24. The van der Waals surface area contributed by atoms with Crippen molar-refractivity contribution in [3.05, 3.63) is 46.2 Å². The number of dihydropyridines is 1. The molecule has 8 heteroatoms. The maximum absolute atomic E-state index is 12.8. The Labute approximate surface area is 170 Å². The van der Waals surface area contributed by atoms with Crippen LogP contribution in [0.25, 0.3) is 5.70 Å². The van der Waals surface area contributed by atoms with Crippen molar-refractivity contribution < 1.29 is 19.1 Å². The maximum atomic E-state index is 12.8. The Kier molecular flexibility index (Phi) is 7.17. The molecule has 150 valence electrons. The quantitative estimate of drug-likeness (QED) is 0.492. The Morgan fingerprint density at radius 2 is 1.68 bits per heavy atom. The van der Waals surface area contributed by atoms with Gasteiger partial charge in [-0.1, -0.05) is 12.2 Å². The number of carbonyl (C=O) groups is 2. The van der Waals surface area contributed by atoms with Gasteiger partial charge in [0.1, 0.15) is 0 Å². The van der Waals surface area contributed by atoms with Crippen molar-refractivity contribution in [2.45, 2.75) is 34.1 Å². The van der Waals surface area contributed by atoms with Crippen molar-refractivity contribution in [1.82, 2.24) is 5.32 Å². The molecule has 0 amide bonds. The second-order valence-electron chi connectivity index (χ2n) is 6.08. The van der Waals surface area contributed by atoms with Gasteiger partial charge in [-0.2, -0.15) is 0 Å². The van der Waals surface area contributed by atoms with E-state index in [0.29, 0.717) is 11.1 Å². The molecule has 0 radical (unpaired) electrons. The van der Waals surface area contributed by atoms with E-state index in [1.807, 2.05) is 18.4 Å². The molecule has 0 unspecified atom stereocenters. The molecular formula is C20H25N3O4S. The minimum absolute atomic E-state index is 0.0689. The topological polar surface area (TPSA) is 103 Å². The van der Waals surface area contributed by atoms with Gasteiger partial charge in [0.2, 0.25) is 0 Å². The SMILES string of the molecule is CCOC(=O)c1c(C)c(C2=CCC=CN2)c(C)c(C(=O)OCC)c1NC(N)=S. The number of nitrogens with one attached hydrogen (secondary N) is 2. The summed E-state index contributed by atoms with van der Waals surface area (Å²) in [6.45, 7) is 7.40. The smallest absolute Gasteiger partial charge is 0.340 e. The summed E-state index contributed by atoms with van der Waals surface area (Å²) < 4.78 is 10.5. The van der Waals surface area contributed by atoms with E-state index in [-0.39, 0.29) is 35.1 Å². The van der Waals surface area contributed by atoms with Crippen LogP contribution in [0.2, 0.25) is 0 Å². The fraction of sp³-hybridized carbons (Fsp3) is 0.350. The summed E-state index contributed by atoms with van der Waals surface area (Å²) in [5.41, 5.74) is 9.13. The highest BCUT2D eigenvalue weighted by molar-refractivity contribution is 7.80. The standard InChI is InChI=1S/C20H25N3O4S/c1-5-26-18(24)15-11(3)14(13-9-7-8-10-22-13)12(4)16(19(25)27-6-2)17(15)23-20(21)28/h8-10,22H,5-7H2,1-4H3,(H3,21,23,28). The fourth-order valence-corrected chi connectivity index (χ4v) is 3.34. The van der Waals surface area contributed by atoms with Crippen molar-refractivity contribution in [3.8, 4) is 0 Å². The molecule has 1 heterocycles. The van der Waals surface area contributed by atoms with Gasteiger partial charge >= 0.3 is 11.9 Å². The Morgan fingerprint density at radius 1 is 1.14 bits per heavy atom. The van der Waals surface area contributed by atoms with Crippen LogP contribution in [0.1, 0.15) is 57.7 Å². The summed E-state index contributed by atoms with van der Waals surface area (Å²) in [6.07, 6.45) is 6.51. The largest absolute Gasteiger partial charge is 0.462 e.